The van der Waals surface area contributed by atoms with E-state index in [0.717, 1.165) is 25.3 Å². The van der Waals surface area contributed by atoms with Gasteiger partial charge in [0, 0.05) is 17.2 Å². The van der Waals surface area contributed by atoms with Gasteiger partial charge < -0.3 is 9.47 Å². The van der Waals surface area contributed by atoms with E-state index in [-0.39, 0.29) is 11.3 Å². The molecule has 6 rings (SSSR count). The van der Waals surface area contributed by atoms with Crippen molar-refractivity contribution in [2.24, 2.45) is 0 Å². The van der Waals surface area contributed by atoms with Crippen LogP contribution in [0.3, 0.4) is 0 Å². The average Bonchev–Trinajstić information content (AvgIpc) is 3.12. The molecule has 0 N–H and O–H groups in total. The first-order valence-corrected chi connectivity index (χ1v) is 19.8. The molecule has 0 aromatic heterocycles. The van der Waals surface area contributed by atoms with Crippen molar-refractivity contribution in [1.29, 1.82) is 0 Å². The van der Waals surface area contributed by atoms with Gasteiger partial charge in [-0.25, -0.2) is 39.5 Å². The molecule has 62 heavy (non-hydrogen) atoms. The lowest BCUT2D eigenvalue weighted by atomic mass is 9.95. The number of methoxy groups -OCH3 is 1. The summed E-state index contributed by atoms with van der Waals surface area (Å²) in [5, 5.41) is -1.86. The number of hydrogen-bond donors (Lipinski definition) is 0. The van der Waals surface area contributed by atoms with Gasteiger partial charge in [0.2, 0.25) is 0 Å². The van der Waals surface area contributed by atoms with Crippen molar-refractivity contribution >= 4 is 21.0 Å². The van der Waals surface area contributed by atoms with E-state index < -0.39 is 136 Å². The van der Waals surface area contributed by atoms with Gasteiger partial charge in [0.15, 0.2) is 4.90 Å². The summed E-state index contributed by atoms with van der Waals surface area (Å²) >= 11 is 0. The van der Waals surface area contributed by atoms with Gasteiger partial charge in [0.05, 0.1) is 18.1 Å². The fourth-order valence-corrected chi connectivity index (χ4v) is 7.45. The van der Waals surface area contributed by atoms with E-state index in [1.54, 1.807) is 6.07 Å². The van der Waals surface area contributed by atoms with E-state index in [1.807, 2.05) is 6.92 Å². The van der Waals surface area contributed by atoms with Gasteiger partial charge >= 0.3 is 16.3 Å². The highest BCUT2D eigenvalue weighted by Crippen LogP contribution is 3.02. The number of halogens is 16. The maximum Gasteiger partial charge on any atom is 0.432 e. The first-order valence-electron chi connectivity index (χ1n) is 17.8. The quantitative estimate of drug-likeness (QED) is 0.0733. The lowest BCUT2D eigenvalue weighted by Crippen LogP contribution is -2.25. The highest BCUT2D eigenvalue weighted by atomic mass is 32.5. The molecule has 0 radical (unpaired) electrons. The predicted octanol–water partition coefficient (Wildman–Crippen LogP) is 15.4. The second-order valence-corrected chi connectivity index (χ2v) is 16.1. The third kappa shape index (κ3) is 9.25. The molecule has 0 aliphatic rings. The van der Waals surface area contributed by atoms with Crippen LogP contribution < -0.4 is 9.47 Å². The van der Waals surface area contributed by atoms with Crippen LogP contribution in [0.25, 0.3) is 33.0 Å². The first kappa shape index (κ1) is 45.5. The van der Waals surface area contributed by atoms with E-state index in [9.17, 15) is 32.6 Å². The van der Waals surface area contributed by atoms with Crippen molar-refractivity contribution in [1.82, 2.24) is 0 Å². The molecule has 6 aromatic rings. The topological polar surface area (TPSA) is 18.5 Å². The van der Waals surface area contributed by atoms with Gasteiger partial charge in [0.1, 0.15) is 75.0 Å². The summed E-state index contributed by atoms with van der Waals surface area (Å²) in [5.41, 5.74) is -6.07. The first-order chi connectivity index (χ1) is 28.7. The fourth-order valence-electron chi connectivity index (χ4n) is 6.60. The molecule has 0 spiro atoms. The van der Waals surface area contributed by atoms with Gasteiger partial charge in [-0.05, 0) is 102 Å². The Bertz CT molecular complexity index is 2800. The van der Waals surface area contributed by atoms with E-state index >= 15 is 35.1 Å². The zero-order chi connectivity index (χ0) is 45.8. The summed E-state index contributed by atoms with van der Waals surface area (Å²) in [6, 6.07) is 5.92. The number of ether oxygens (including phenoxy) is 2. The van der Waals surface area contributed by atoms with E-state index in [4.69, 9.17) is 4.74 Å². The third-order valence-corrected chi connectivity index (χ3v) is 10.5. The van der Waals surface area contributed by atoms with E-state index in [0.29, 0.717) is 54.4 Å². The Morgan fingerprint density at radius 3 is 1.82 bits per heavy atom. The summed E-state index contributed by atoms with van der Waals surface area (Å²) in [4.78, 5) is -3.57. The van der Waals surface area contributed by atoms with Crippen LogP contribution in [-0.2, 0) is 12.5 Å². The number of aryl methyl sites for hydroxylation is 1. The summed E-state index contributed by atoms with van der Waals surface area (Å²) in [6.45, 7) is 1.99. The zero-order valence-corrected chi connectivity index (χ0v) is 32.3. The molecule has 0 saturated carbocycles. The van der Waals surface area contributed by atoms with Crippen LogP contribution in [-0.4, -0.2) is 7.11 Å². The standard InChI is InChI=1S/C43H26F16O2S/c1-3-4-5-6-21-11-29(44)28(37(14-21)60-2)9-7-22-12-33(48)40(34(49)13-22)43(53,54)61-26-8-10-27(30(45)20-26)23-15-24-17-32(47)39(41(52)38(24)31(46)16-23)25-18-35(50)42(36(51)19-25)62(55,56,57,58)59/h8,10-20H,3-6H2,1-2H3. The molecular weight excluding hydrogens is 885 g/mol. The molecule has 19 heteroatoms. The molecule has 0 amide bonds. The minimum atomic E-state index is -11.0. The highest BCUT2D eigenvalue weighted by Gasteiger charge is 2.69. The Morgan fingerprint density at radius 1 is 0.613 bits per heavy atom. The Kier molecular flexibility index (Phi) is 11.5. The van der Waals surface area contributed by atoms with Crippen LogP contribution >= 0.6 is 10.2 Å². The molecule has 0 atom stereocenters. The summed E-state index contributed by atoms with van der Waals surface area (Å²) in [6.07, 6.45) is -1.66. The van der Waals surface area contributed by atoms with Crippen LogP contribution in [0.2, 0.25) is 0 Å². The molecule has 2 nitrogen and oxygen atoms in total. The number of rotatable bonds is 11. The maximum absolute atomic E-state index is 15.5. The second-order valence-electron chi connectivity index (χ2n) is 13.8. The lowest BCUT2D eigenvalue weighted by molar-refractivity contribution is -0.189. The van der Waals surface area contributed by atoms with Gasteiger partial charge in [-0.2, -0.15) is 8.78 Å². The number of benzene rings is 6. The van der Waals surface area contributed by atoms with Gasteiger partial charge in [0.25, 0.3) is 0 Å². The average molecular weight is 911 g/mol. The molecule has 0 fully saturated rings. The van der Waals surface area contributed by atoms with E-state index in [1.165, 1.54) is 13.2 Å². The smallest absolute Gasteiger partial charge is 0.432 e. The Morgan fingerprint density at radius 2 is 1.24 bits per heavy atom. The van der Waals surface area contributed by atoms with Crippen molar-refractivity contribution in [3.8, 4) is 45.6 Å². The highest BCUT2D eigenvalue weighted by molar-refractivity contribution is 8.45. The fraction of sp³-hybridized carbons (Fsp3) is 0.163. The molecule has 0 saturated heterocycles. The Hall–Kier alpha value is -6.03. The SMILES string of the molecule is CCCCCc1cc(F)c(C#Cc2cc(F)c(C(F)(F)Oc3ccc(-c4cc(F)c5c(F)c(-c6cc(F)c(S(F)(F)(F)(F)F)c(F)c6)c(F)cc5c4)c(F)c3)c(F)c2)c(OC)c1. The zero-order valence-electron chi connectivity index (χ0n) is 31.5. The lowest BCUT2D eigenvalue weighted by Gasteiger charge is -2.40. The summed E-state index contributed by atoms with van der Waals surface area (Å²) in [5.74, 6) is -13.5. The minimum absolute atomic E-state index is 0.0279. The predicted molar refractivity (Wildman–Crippen MR) is 199 cm³/mol. The van der Waals surface area contributed by atoms with Crippen molar-refractivity contribution in [3.63, 3.8) is 0 Å². The molecule has 0 heterocycles. The van der Waals surface area contributed by atoms with Crippen LogP contribution in [0.4, 0.5) is 67.7 Å². The third-order valence-electron chi connectivity index (χ3n) is 9.32. The molecule has 0 bridgehead atoms. The monoisotopic (exact) mass is 910 g/mol. The molecule has 6 aromatic carbocycles. The largest absolute Gasteiger partial charge is 0.495 e. The number of hydrogen-bond acceptors (Lipinski definition) is 2. The number of alkyl halides is 2. The van der Waals surface area contributed by atoms with Crippen LogP contribution in [0.15, 0.2) is 77.7 Å². The molecular formula is C43H26F16O2S. The molecule has 0 aliphatic carbocycles. The second kappa shape index (κ2) is 15.7. The van der Waals surface area contributed by atoms with Crippen molar-refractivity contribution in [3.05, 3.63) is 147 Å². The Balaban J connectivity index is 1.26. The van der Waals surface area contributed by atoms with Crippen LogP contribution in [0.5, 0.6) is 11.5 Å². The van der Waals surface area contributed by atoms with Crippen molar-refractivity contribution < 1.29 is 77.2 Å². The summed E-state index contributed by atoms with van der Waals surface area (Å²) in [7, 11) is -9.72. The Labute approximate surface area is 341 Å². The molecule has 328 valence electrons. The van der Waals surface area contributed by atoms with E-state index in [2.05, 4.69) is 16.6 Å². The minimum Gasteiger partial charge on any atom is -0.495 e. The molecule has 0 unspecified atom stereocenters. The number of unbranched alkanes of at least 4 members (excludes halogenated alkanes) is 2. The van der Waals surface area contributed by atoms with Gasteiger partial charge in [-0.3, -0.25) is 0 Å². The van der Waals surface area contributed by atoms with Crippen LogP contribution in [0, 0.1) is 64.2 Å². The number of fused-ring (bicyclic) bond motifs is 1. The van der Waals surface area contributed by atoms with Gasteiger partial charge in [-0.1, -0.05) is 51.0 Å². The molecule has 0 aliphatic heterocycles. The maximum atomic E-state index is 15.5. The normalized spacial score (nSPS) is 13.1. The van der Waals surface area contributed by atoms with Crippen molar-refractivity contribution in [2.75, 3.05) is 7.11 Å². The summed E-state index contributed by atoms with van der Waals surface area (Å²) < 4.78 is 241. The van der Waals surface area contributed by atoms with Gasteiger partial charge in [-0.15, -0.1) is 0 Å². The van der Waals surface area contributed by atoms with Crippen molar-refractivity contribution in [2.45, 2.75) is 43.6 Å². The van der Waals surface area contributed by atoms with Crippen LogP contribution in [0.1, 0.15) is 48.4 Å².